The minimum absolute atomic E-state index is 0.137. The molecule has 0 atom stereocenters. The monoisotopic (exact) mass is 287 g/mol. The maximum absolute atomic E-state index is 13.0. The molecule has 5 heteroatoms. The van der Waals surface area contributed by atoms with Crippen molar-refractivity contribution in [3.8, 4) is 0 Å². The van der Waals surface area contributed by atoms with Crippen molar-refractivity contribution in [2.75, 3.05) is 23.3 Å². The summed E-state index contributed by atoms with van der Waals surface area (Å²) in [5.74, 6) is -0.457. The molecule has 0 radical (unpaired) electrons. The quantitative estimate of drug-likeness (QED) is 0.917. The first kappa shape index (κ1) is 15.0. The average molecular weight is 287 g/mol. The van der Waals surface area contributed by atoms with Crippen molar-refractivity contribution in [2.45, 2.75) is 13.8 Å². The van der Waals surface area contributed by atoms with E-state index >= 15 is 0 Å². The third-order valence-corrected chi connectivity index (χ3v) is 3.12. The van der Waals surface area contributed by atoms with Crippen LogP contribution in [0.1, 0.15) is 24.2 Å². The molecule has 0 spiro atoms. The van der Waals surface area contributed by atoms with E-state index in [9.17, 15) is 9.18 Å². The number of benzene rings is 1. The molecule has 1 aromatic carbocycles. The highest BCUT2D eigenvalue weighted by molar-refractivity contribution is 6.09. The zero-order valence-corrected chi connectivity index (χ0v) is 12.1. The highest BCUT2D eigenvalue weighted by Gasteiger charge is 2.19. The molecule has 0 aliphatic carbocycles. The van der Waals surface area contributed by atoms with Crippen molar-refractivity contribution in [3.63, 3.8) is 0 Å². The van der Waals surface area contributed by atoms with Crippen LogP contribution in [-0.4, -0.2) is 24.0 Å². The number of hydrogen-bond acceptors (Lipinski definition) is 3. The molecule has 0 saturated heterocycles. The number of aromatic nitrogens is 1. The average Bonchev–Trinajstić information content (AvgIpc) is 2.50. The zero-order valence-electron chi connectivity index (χ0n) is 12.1. The van der Waals surface area contributed by atoms with Crippen molar-refractivity contribution in [2.24, 2.45) is 0 Å². The number of anilines is 2. The second-order valence-corrected chi connectivity index (χ2v) is 4.48. The molecule has 0 saturated carbocycles. The summed E-state index contributed by atoms with van der Waals surface area (Å²) < 4.78 is 13.0. The topological polar surface area (TPSA) is 45.2 Å². The highest BCUT2D eigenvalue weighted by Crippen LogP contribution is 2.21. The van der Waals surface area contributed by atoms with Gasteiger partial charge in [-0.15, -0.1) is 0 Å². The largest absolute Gasteiger partial charge is 0.383 e. The molecule has 1 amide bonds. The standard InChI is InChI=1S/C16H18FN3O/c1-3-19-15-11-18-10-9-14(15)16(21)20(4-2)13-7-5-12(17)6-8-13/h5-11,19H,3-4H2,1-2H3. The normalized spacial score (nSPS) is 10.2. The van der Waals surface area contributed by atoms with Crippen LogP contribution in [0.15, 0.2) is 42.7 Å². The first-order valence-corrected chi connectivity index (χ1v) is 6.92. The van der Waals surface area contributed by atoms with E-state index in [4.69, 9.17) is 0 Å². The molecule has 1 aromatic heterocycles. The van der Waals surface area contributed by atoms with E-state index in [1.165, 1.54) is 12.1 Å². The molecule has 4 nitrogen and oxygen atoms in total. The maximum atomic E-state index is 13.0. The number of halogens is 1. The lowest BCUT2D eigenvalue weighted by molar-refractivity contribution is 0.0989. The molecule has 2 aromatic rings. The van der Waals surface area contributed by atoms with Crippen LogP contribution < -0.4 is 10.2 Å². The molecule has 0 aliphatic rings. The van der Waals surface area contributed by atoms with Gasteiger partial charge in [-0.05, 0) is 44.2 Å². The van der Waals surface area contributed by atoms with Crippen molar-refractivity contribution in [1.29, 1.82) is 0 Å². The van der Waals surface area contributed by atoms with Gasteiger partial charge in [0.05, 0.1) is 17.4 Å². The second kappa shape index (κ2) is 6.83. The van der Waals surface area contributed by atoms with E-state index in [1.807, 2.05) is 13.8 Å². The first-order valence-electron chi connectivity index (χ1n) is 6.92. The number of nitrogens with one attached hydrogen (secondary N) is 1. The van der Waals surface area contributed by atoms with E-state index in [2.05, 4.69) is 10.3 Å². The van der Waals surface area contributed by atoms with Crippen LogP contribution in [-0.2, 0) is 0 Å². The van der Waals surface area contributed by atoms with E-state index in [-0.39, 0.29) is 11.7 Å². The van der Waals surface area contributed by atoms with Gasteiger partial charge in [-0.1, -0.05) is 0 Å². The van der Waals surface area contributed by atoms with E-state index in [0.29, 0.717) is 30.0 Å². The molecule has 1 N–H and O–H groups in total. The lowest BCUT2D eigenvalue weighted by atomic mass is 10.1. The van der Waals surface area contributed by atoms with Gasteiger partial charge >= 0.3 is 0 Å². The summed E-state index contributed by atoms with van der Waals surface area (Å²) in [6.07, 6.45) is 3.22. The Hall–Kier alpha value is -2.43. The number of amides is 1. The van der Waals surface area contributed by atoms with Crippen molar-refractivity contribution < 1.29 is 9.18 Å². The smallest absolute Gasteiger partial charge is 0.260 e. The maximum Gasteiger partial charge on any atom is 0.260 e. The van der Waals surface area contributed by atoms with Gasteiger partial charge in [0.25, 0.3) is 5.91 Å². The van der Waals surface area contributed by atoms with Crippen LogP contribution in [0.4, 0.5) is 15.8 Å². The predicted octanol–water partition coefficient (Wildman–Crippen LogP) is 3.32. The number of nitrogens with zero attached hydrogens (tertiary/aromatic N) is 2. The van der Waals surface area contributed by atoms with E-state index < -0.39 is 0 Å². The minimum atomic E-state index is -0.320. The summed E-state index contributed by atoms with van der Waals surface area (Å²) in [4.78, 5) is 18.4. The molecule has 110 valence electrons. The number of carbonyl (C=O) groups is 1. The molecule has 0 fully saturated rings. The molecule has 2 rings (SSSR count). The number of pyridine rings is 1. The van der Waals surface area contributed by atoms with Crippen molar-refractivity contribution >= 4 is 17.3 Å². The van der Waals surface area contributed by atoms with Crippen molar-refractivity contribution in [1.82, 2.24) is 4.98 Å². The summed E-state index contributed by atoms with van der Waals surface area (Å²) in [7, 11) is 0. The van der Waals surface area contributed by atoms with Crippen LogP contribution in [0.2, 0.25) is 0 Å². The number of rotatable bonds is 5. The van der Waals surface area contributed by atoms with Crippen LogP contribution in [0, 0.1) is 5.82 Å². The van der Waals surface area contributed by atoms with Gasteiger partial charge in [0.1, 0.15) is 5.82 Å². The lowest BCUT2D eigenvalue weighted by Gasteiger charge is -2.22. The second-order valence-electron chi connectivity index (χ2n) is 4.48. The lowest BCUT2D eigenvalue weighted by Crippen LogP contribution is -2.31. The first-order chi connectivity index (χ1) is 10.2. The van der Waals surface area contributed by atoms with E-state index in [1.54, 1.807) is 35.5 Å². The molecular formula is C16H18FN3O. The van der Waals surface area contributed by atoms with Crippen LogP contribution in [0.5, 0.6) is 0 Å². The minimum Gasteiger partial charge on any atom is -0.383 e. The fourth-order valence-corrected chi connectivity index (χ4v) is 2.12. The summed E-state index contributed by atoms with van der Waals surface area (Å²) in [5.41, 5.74) is 1.92. The number of carbonyl (C=O) groups excluding carboxylic acids is 1. The molecule has 0 unspecified atom stereocenters. The Morgan fingerprint density at radius 2 is 1.95 bits per heavy atom. The molecule has 0 aliphatic heterocycles. The van der Waals surface area contributed by atoms with Gasteiger partial charge < -0.3 is 10.2 Å². The Kier molecular flexibility index (Phi) is 4.87. The van der Waals surface area contributed by atoms with Crippen molar-refractivity contribution in [3.05, 3.63) is 54.1 Å². The SMILES string of the molecule is CCNc1cnccc1C(=O)N(CC)c1ccc(F)cc1. The van der Waals surface area contributed by atoms with E-state index in [0.717, 1.165) is 0 Å². The Bertz CT molecular complexity index is 613. The van der Waals surface area contributed by atoms with Crippen LogP contribution in [0.25, 0.3) is 0 Å². The number of hydrogen-bond donors (Lipinski definition) is 1. The summed E-state index contributed by atoms with van der Waals surface area (Å²) in [6.45, 7) is 5.04. The fourth-order valence-electron chi connectivity index (χ4n) is 2.12. The molecular weight excluding hydrogens is 269 g/mol. The summed E-state index contributed by atoms with van der Waals surface area (Å²) >= 11 is 0. The molecule has 0 bridgehead atoms. The Balaban J connectivity index is 2.34. The van der Waals surface area contributed by atoms with Gasteiger partial charge in [-0.2, -0.15) is 0 Å². The summed E-state index contributed by atoms with van der Waals surface area (Å²) in [6, 6.07) is 7.59. The van der Waals surface area contributed by atoms with Crippen LogP contribution >= 0.6 is 0 Å². The Morgan fingerprint density at radius 1 is 1.24 bits per heavy atom. The highest BCUT2D eigenvalue weighted by atomic mass is 19.1. The predicted molar refractivity (Wildman–Crippen MR) is 82.2 cm³/mol. The van der Waals surface area contributed by atoms with Gasteiger partial charge in [0.2, 0.25) is 0 Å². The van der Waals surface area contributed by atoms with Gasteiger partial charge in [-0.3, -0.25) is 9.78 Å². The van der Waals surface area contributed by atoms with Gasteiger partial charge in [0.15, 0.2) is 0 Å². The third-order valence-electron chi connectivity index (χ3n) is 3.12. The zero-order chi connectivity index (χ0) is 15.2. The summed E-state index contributed by atoms with van der Waals surface area (Å²) in [5, 5.41) is 3.13. The van der Waals surface area contributed by atoms with Gasteiger partial charge in [-0.25, -0.2) is 4.39 Å². The molecule has 1 heterocycles. The van der Waals surface area contributed by atoms with Gasteiger partial charge in [0, 0.05) is 25.0 Å². The fraction of sp³-hybridized carbons (Fsp3) is 0.250. The third kappa shape index (κ3) is 3.37. The Labute approximate surface area is 123 Å². The Morgan fingerprint density at radius 3 is 2.57 bits per heavy atom. The molecule has 21 heavy (non-hydrogen) atoms. The van der Waals surface area contributed by atoms with Crippen LogP contribution in [0.3, 0.4) is 0 Å².